The number of aromatic amines is 1. The lowest BCUT2D eigenvalue weighted by Gasteiger charge is -2.17. The van der Waals surface area contributed by atoms with Gasteiger partial charge in [0.15, 0.2) is 4.21 Å². The number of hydrogen-bond acceptors (Lipinski definition) is 5. The van der Waals surface area contributed by atoms with Crippen molar-refractivity contribution in [3.05, 3.63) is 15.4 Å². The molecular weight excluding hydrogens is 278 g/mol. The Hall–Kier alpha value is -1.19. The second-order valence-electron chi connectivity index (χ2n) is 4.00. The topological polar surface area (TPSA) is 99.3 Å². The van der Waals surface area contributed by atoms with Gasteiger partial charge >= 0.3 is 4.87 Å². The van der Waals surface area contributed by atoms with Crippen LogP contribution in [0.5, 0.6) is 0 Å². The largest absolute Gasteiger partial charge is 0.347 e. The summed E-state index contributed by atoms with van der Waals surface area (Å²) >= 11 is 0.597. The Bertz CT molecular complexity index is 600. The van der Waals surface area contributed by atoms with Crippen LogP contribution in [0.15, 0.2) is 9.00 Å². The third kappa shape index (κ3) is 3.18. The molecule has 2 N–H and O–H groups in total. The maximum Gasteiger partial charge on any atom is 0.305 e. The summed E-state index contributed by atoms with van der Waals surface area (Å²) in [6, 6.07) is -0.887. The minimum absolute atomic E-state index is 0.0918. The molecule has 0 aromatic carbocycles. The smallest absolute Gasteiger partial charge is 0.305 e. The van der Waals surface area contributed by atoms with E-state index in [1.165, 1.54) is 32.8 Å². The van der Waals surface area contributed by atoms with Crippen LogP contribution in [0.25, 0.3) is 0 Å². The molecular formula is C9H15N3O4S2. The lowest BCUT2D eigenvalue weighted by atomic mass is 10.3. The fourth-order valence-electron chi connectivity index (χ4n) is 1.37. The summed E-state index contributed by atoms with van der Waals surface area (Å²) in [5.74, 6) is -0.362. The summed E-state index contributed by atoms with van der Waals surface area (Å²) in [6.45, 7) is 2.94. The third-order valence-electron chi connectivity index (χ3n) is 2.17. The Balaban J connectivity index is 3.00. The molecule has 0 aliphatic rings. The Kier molecular flexibility index (Phi) is 4.30. The highest BCUT2D eigenvalue weighted by Gasteiger charge is 2.26. The molecule has 0 fully saturated rings. The molecule has 0 aliphatic carbocycles. The number of nitrogens with zero attached hydrogens (tertiary/aromatic N) is 1. The molecule has 0 saturated carbocycles. The Morgan fingerprint density at radius 3 is 2.39 bits per heavy atom. The first kappa shape index (κ1) is 14.9. The van der Waals surface area contributed by atoms with Crippen LogP contribution in [-0.4, -0.2) is 44.3 Å². The summed E-state index contributed by atoms with van der Waals surface area (Å²) in [4.78, 5) is 25.9. The lowest BCUT2D eigenvalue weighted by molar-refractivity contribution is -0.130. The molecule has 1 atom stereocenters. The van der Waals surface area contributed by atoms with Crippen molar-refractivity contribution in [1.29, 1.82) is 0 Å². The molecule has 1 heterocycles. The van der Waals surface area contributed by atoms with Crippen LogP contribution in [-0.2, 0) is 14.8 Å². The summed E-state index contributed by atoms with van der Waals surface area (Å²) in [5.41, 5.74) is 0.266. The number of sulfonamides is 1. The number of aryl methyl sites for hydroxylation is 1. The monoisotopic (exact) mass is 293 g/mol. The van der Waals surface area contributed by atoms with Gasteiger partial charge in [-0.05, 0) is 13.8 Å². The molecule has 1 amide bonds. The van der Waals surface area contributed by atoms with Gasteiger partial charge < -0.3 is 9.88 Å². The number of thiazole rings is 1. The zero-order valence-electron chi connectivity index (χ0n) is 10.5. The number of nitrogens with one attached hydrogen (secondary N) is 2. The van der Waals surface area contributed by atoms with Gasteiger partial charge in [-0.25, -0.2) is 8.42 Å². The number of likely N-dealkylation sites (N-methyl/N-ethyl adjacent to an activating group) is 1. The zero-order valence-corrected chi connectivity index (χ0v) is 12.1. The Labute approximate surface area is 109 Å². The quantitative estimate of drug-likeness (QED) is 0.781. The number of hydrogen-bond donors (Lipinski definition) is 2. The fraction of sp³-hybridized carbons (Fsp3) is 0.556. The van der Waals surface area contributed by atoms with E-state index in [1.807, 2.05) is 0 Å². The average molecular weight is 293 g/mol. The van der Waals surface area contributed by atoms with Gasteiger partial charge in [-0.1, -0.05) is 11.3 Å². The van der Waals surface area contributed by atoms with Gasteiger partial charge in [0.25, 0.3) is 10.0 Å². The van der Waals surface area contributed by atoms with Crippen LogP contribution >= 0.6 is 11.3 Å². The standard InChI is InChI=1S/C9H15N3O4S2/c1-5(7(13)12(3)4)11-18(15,16)8-6(2)10-9(14)17-8/h5,11H,1-4H3,(H,10,14). The second-order valence-corrected chi connectivity index (χ2v) is 6.90. The van der Waals surface area contributed by atoms with E-state index >= 15 is 0 Å². The van der Waals surface area contributed by atoms with Crippen molar-refractivity contribution in [1.82, 2.24) is 14.6 Å². The van der Waals surface area contributed by atoms with Gasteiger partial charge in [0.2, 0.25) is 5.91 Å². The van der Waals surface area contributed by atoms with Crippen LogP contribution in [0.2, 0.25) is 0 Å². The van der Waals surface area contributed by atoms with Crippen molar-refractivity contribution in [3.63, 3.8) is 0 Å². The van der Waals surface area contributed by atoms with Crippen molar-refractivity contribution >= 4 is 27.3 Å². The summed E-state index contributed by atoms with van der Waals surface area (Å²) in [6.07, 6.45) is 0. The van der Waals surface area contributed by atoms with Crippen molar-refractivity contribution in [2.45, 2.75) is 24.1 Å². The molecule has 1 aromatic heterocycles. The second kappa shape index (κ2) is 5.21. The van der Waals surface area contributed by atoms with Crippen LogP contribution in [0, 0.1) is 6.92 Å². The van der Waals surface area contributed by atoms with Gasteiger partial charge in [0, 0.05) is 19.8 Å². The number of aromatic nitrogens is 1. The molecule has 18 heavy (non-hydrogen) atoms. The third-order valence-corrected chi connectivity index (χ3v) is 5.31. The number of H-pyrrole nitrogens is 1. The van der Waals surface area contributed by atoms with Gasteiger partial charge in [0.05, 0.1) is 6.04 Å². The normalized spacial score (nSPS) is 13.3. The minimum atomic E-state index is -3.86. The van der Waals surface area contributed by atoms with Crippen LogP contribution in [0.1, 0.15) is 12.6 Å². The summed E-state index contributed by atoms with van der Waals surface area (Å²) < 4.78 is 26.1. The maximum atomic E-state index is 12.0. The van der Waals surface area contributed by atoms with Crippen LogP contribution < -0.4 is 9.60 Å². The molecule has 0 bridgehead atoms. The molecule has 7 nitrogen and oxygen atoms in total. The van der Waals surface area contributed by atoms with E-state index in [-0.39, 0.29) is 15.8 Å². The number of rotatable bonds is 4. The van der Waals surface area contributed by atoms with Crippen LogP contribution in [0.4, 0.5) is 0 Å². The zero-order chi connectivity index (χ0) is 14.1. The number of carbonyl (C=O) groups is 1. The van der Waals surface area contributed by atoms with E-state index in [0.29, 0.717) is 11.3 Å². The Morgan fingerprint density at radius 2 is 2.00 bits per heavy atom. The molecule has 102 valence electrons. The summed E-state index contributed by atoms with van der Waals surface area (Å²) in [7, 11) is -0.789. The fourth-order valence-corrected chi connectivity index (χ4v) is 3.89. The van der Waals surface area contributed by atoms with Crippen LogP contribution in [0.3, 0.4) is 0 Å². The Morgan fingerprint density at radius 1 is 1.44 bits per heavy atom. The molecule has 1 aromatic rings. The molecule has 1 unspecified atom stereocenters. The van der Waals surface area contributed by atoms with Crippen molar-refractivity contribution in [3.8, 4) is 0 Å². The predicted molar refractivity (Wildman–Crippen MR) is 68.2 cm³/mol. The first-order valence-corrected chi connectivity index (χ1v) is 7.38. The van der Waals surface area contributed by atoms with E-state index in [0.717, 1.165) is 0 Å². The van der Waals surface area contributed by atoms with Crippen molar-refractivity contribution in [2.75, 3.05) is 14.1 Å². The number of amides is 1. The molecule has 1 rings (SSSR count). The van der Waals surface area contributed by atoms with Gasteiger partial charge in [-0.2, -0.15) is 4.72 Å². The first-order chi connectivity index (χ1) is 8.15. The summed E-state index contributed by atoms with van der Waals surface area (Å²) in [5, 5.41) is 0. The lowest BCUT2D eigenvalue weighted by Crippen LogP contribution is -2.44. The number of carbonyl (C=O) groups excluding carboxylic acids is 1. The highest BCUT2D eigenvalue weighted by atomic mass is 32.2. The highest BCUT2D eigenvalue weighted by molar-refractivity contribution is 7.91. The molecule has 9 heteroatoms. The molecule has 0 aliphatic heterocycles. The van der Waals surface area contributed by atoms with E-state index in [2.05, 4.69) is 9.71 Å². The van der Waals surface area contributed by atoms with E-state index in [1.54, 1.807) is 0 Å². The maximum absolute atomic E-state index is 12.0. The van der Waals surface area contributed by atoms with Gasteiger partial charge in [0.1, 0.15) is 0 Å². The molecule has 0 spiro atoms. The molecule has 0 saturated heterocycles. The predicted octanol–water partition coefficient (Wildman–Crippen LogP) is -0.500. The van der Waals surface area contributed by atoms with E-state index in [4.69, 9.17) is 0 Å². The van der Waals surface area contributed by atoms with Gasteiger partial charge in [-0.3, -0.25) is 9.59 Å². The SMILES string of the molecule is Cc1[nH]c(=O)sc1S(=O)(=O)NC(C)C(=O)N(C)C. The molecule has 0 radical (unpaired) electrons. The van der Waals surface area contributed by atoms with Gasteiger partial charge in [-0.15, -0.1) is 0 Å². The highest BCUT2D eigenvalue weighted by Crippen LogP contribution is 2.15. The average Bonchev–Trinajstić information content (AvgIpc) is 2.56. The van der Waals surface area contributed by atoms with E-state index < -0.39 is 20.9 Å². The van der Waals surface area contributed by atoms with Crippen molar-refractivity contribution in [2.24, 2.45) is 0 Å². The minimum Gasteiger partial charge on any atom is -0.347 e. The van der Waals surface area contributed by atoms with Crippen molar-refractivity contribution < 1.29 is 13.2 Å². The van der Waals surface area contributed by atoms with E-state index in [9.17, 15) is 18.0 Å². The first-order valence-electron chi connectivity index (χ1n) is 5.08.